The molecule has 0 heterocycles. The van der Waals surface area contributed by atoms with E-state index >= 15 is 0 Å². The van der Waals surface area contributed by atoms with Crippen molar-refractivity contribution >= 4 is 0 Å². The first-order valence-corrected chi connectivity index (χ1v) is 10.5. The molecule has 0 spiro atoms. The molecule has 1 radical (unpaired) electrons. The summed E-state index contributed by atoms with van der Waals surface area (Å²) >= 11 is 0. The smallest absolute Gasteiger partial charge is 0.203 e. The molecule has 4 nitrogen and oxygen atoms in total. The van der Waals surface area contributed by atoms with Gasteiger partial charge in [-0.15, -0.1) is 0 Å². The minimum Gasteiger partial charge on any atom is -0.497 e. The summed E-state index contributed by atoms with van der Waals surface area (Å²) in [5.74, 6) is 2.81. The van der Waals surface area contributed by atoms with Gasteiger partial charge in [-0.3, -0.25) is 0 Å². The standard InChI is InChI=1S/C27H31O4/c1-6-20-10-8-12-21(11-7-9-19-13-15-23(28-2)16-14-19)26(20)22-17-24(29-3)27(31-5)25(18-22)30-4/h6,8,10,12-18H,7,9,11H2,1-5H3. The van der Waals surface area contributed by atoms with Crippen molar-refractivity contribution in [1.82, 2.24) is 0 Å². The largest absolute Gasteiger partial charge is 0.497 e. The third-order valence-corrected chi connectivity index (χ3v) is 5.52. The molecule has 0 fully saturated rings. The van der Waals surface area contributed by atoms with E-state index in [4.69, 9.17) is 18.9 Å². The maximum atomic E-state index is 5.59. The van der Waals surface area contributed by atoms with Crippen molar-refractivity contribution in [2.24, 2.45) is 0 Å². The van der Waals surface area contributed by atoms with Crippen molar-refractivity contribution < 1.29 is 18.9 Å². The van der Waals surface area contributed by atoms with Crippen LogP contribution in [-0.4, -0.2) is 28.4 Å². The second-order valence-corrected chi connectivity index (χ2v) is 7.29. The van der Waals surface area contributed by atoms with E-state index in [1.165, 1.54) is 22.3 Å². The van der Waals surface area contributed by atoms with Crippen LogP contribution in [0.1, 0.15) is 30.0 Å². The summed E-state index contributed by atoms with van der Waals surface area (Å²) in [6.45, 7) is 2.07. The SMILES string of the molecule is C[CH]c1cccc(CCCc2ccc(OC)cc2)c1-c1cc(OC)c(OC)c(OC)c1. The molecule has 0 amide bonds. The van der Waals surface area contributed by atoms with Gasteiger partial charge in [-0.1, -0.05) is 37.3 Å². The van der Waals surface area contributed by atoms with Crippen LogP contribution in [-0.2, 0) is 12.8 Å². The van der Waals surface area contributed by atoms with Crippen LogP contribution in [0.5, 0.6) is 23.0 Å². The molecule has 163 valence electrons. The second kappa shape index (κ2) is 10.8. The number of benzene rings is 3. The van der Waals surface area contributed by atoms with Crippen LogP contribution in [0.2, 0.25) is 0 Å². The maximum absolute atomic E-state index is 5.59. The Morgan fingerprint density at radius 2 is 1.42 bits per heavy atom. The molecule has 0 saturated carbocycles. The van der Waals surface area contributed by atoms with Gasteiger partial charge in [0.25, 0.3) is 0 Å². The highest BCUT2D eigenvalue weighted by Crippen LogP contribution is 2.43. The van der Waals surface area contributed by atoms with Crippen LogP contribution in [0, 0.1) is 6.42 Å². The molecule has 0 N–H and O–H groups in total. The Morgan fingerprint density at radius 1 is 0.742 bits per heavy atom. The summed E-state index contributed by atoms with van der Waals surface area (Å²) in [6.07, 6.45) is 5.18. The van der Waals surface area contributed by atoms with Crippen LogP contribution >= 0.6 is 0 Å². The molecule has 0 aliphatic heterocycles. The summed E-state index contributed by atoms with van der Waals surface area (Å²) in [7, 11) is 6.61. The summed E-state index contributed by atoms with van der Waals surface area (Å²) < 4.78 is 21.9. The number of methoxy groups -OCH3 is 4. The van der Waals surface area contributed by atoms with E-state index in [2.05, 4.69) is 43.7 Å². The Balaban J connectivity index is 1.92. The molecule has 0 bridgehead atoms. The fraction of sp³-hybridized carbons (Fsp3) is 0.296. The molecule has 31 heavy (non-hydrogen) atoms. The number of hydrogen-bond acceptors (Lipinski definition) is 4. The van der Waals surface area contributed by atoms with Gasteiger partial charge >= 0.3 is 0 Å². The van der Waals surface area contributed by atoms with E-state index in [0.29, 0.717) is 17.2 Å². The fourth-order valence-corrected chi connectivity index (χ4v) is 3.92. The zero-order valence-electron chi connectivity index (χ0n) is 19.0. The van der Waals surface area contributed by atoms with E-state index in [0.717, 1.165) is 30.6 Å². The van der Waals surface area contributed by atoms with Gasteiger partial charge in [0, 0.05) is 0 Å². The molecule has 0 unspecified atom stereocenters. The van der Waals surface area contributed by atoms with Crippen molar-refractivity contribution in [2.75, 3.05) is 28.4 Å². The van der Waals surface area contributed by atoms with Crippen LogP contribution in [0.15, 0.2) is 54.6 Å². The van der Waals surface area contributed by atoms with Gasteiger partial charge in [-0.05, 0) is 77.8 Å². The second-order valence-electron chi connectivity index (χ2n) is 7.29. The third-order valence-electron chi connectivity index (χ3n) is 5.52. The van der Waals surface area contributed by atoms with Crippen molar-refractivity contribution in [2.45, 2.75) is 26.2 Å². The average Bonchev–Trinajstić information content (AvgIpc) is 2.83. The predicted molar refractivity (Wildman–Crippen MR) is 126 cm³/mol. The lowest BCUT2D eigenvalue weighted by Gasteiger charge is -2.18. The highest BCUT2D eigenvalue weighted by molar-refractivity contribution is 5.77. The maximum Gasteiger partial charge on any atom is 0.203 e. The molecule has 3 aromatic carbocycles. The lowest BCUT2D eigenvalue weighted by atomic mass is 9.90. The van der Waals surface area contributed by atoms with E-state index in [1.807, 2.05) is 24.3 Å². The molecule has 0 saturated heterocycles. The number of ether oxygens (including phenoxy) is 4. The van der Waals surface area contributed by atoms with Gasteiger partial charge in [0.05, 0.1) is 28.4 Å². The van der Waals surface area contributed by atoms with Gasteiger partial charge in [-0.2, -0.15) is 0 Å². The Bertz CT molecular complexity index is 968. The van der Waals surface area contributed by atoms with E-state index in [1.54, 1.807) is 28.4 Å². The predicted octanol–water partition coefficient (Wildman–Crippen LogP) is 6.14. The number of rotatable bonds is 10. The summed E-state index contributed by atoms with van der Waals surface area (Å²) in [5.41, 5.74) is 6.07. The van der Waals surface area contributed by atoms with Crippen LogP contribution in [0.3, 0.4) is 0 Å². The monoisotopic (exact) mass is 419 g/mol. The normalized spacial score (nSPS) is 10.6. The Kier molecular flexibility index (Phi) is 7.82. The molecule has 3 rings (SSSR count). The first-order chi connectivity index (χ1) is 15.1. The lowest BCUT2D eigenvalue weighted by Crippen LogP contribution is -1.99. The van der Waals surface area contributed by atoms with E-state index < -0.39 is 0 Å². The molecule has 0 atom stereocenters. The molecular weight excluding hydrogens is 388 g/mol. The molecule has 0 aliphatic carbocycles. The molecule has 0 aliphatic rings. The van der Waals surface area contributed by atoms with Crippen molar-refractivity contribution in [1.29, 1.82) is 0 Å². The topological polar surface area (TPSA) is 36.9 Å². The van der Waals surface area contributed by atoms with E-state index in [9.17, 15) is 0 Å². The summed E-state index contributed by atoms with van der Waals surface area (Å²) in [5, 5.41) is 0. The highest BCUT2D eigenvalue weighted by Gasteiger charge is 2.17. The molecule has 4 heteroatoms. The summed E-state index contributed by atoms with van der Waals surface area (Å²) in [4.78, 5) is 0. The third kappa shape index (κ3) is 5.13. The van der Waals surface area contributed by atoms with Gasteiger partial charge in [0.15, 0.2) is 11.5 Å². The number of aryl methyl sites for hydroxylation is 2. The van der Waals surface area contributed by atoms with Crippen molar-refractivity contribution in [3.63, 3.8) is 0 Å². The Morgan fingerprint density at radius 3 is 1.97 bits per heavy atom. The zero-order valence-corrected chi connectivity index (χ0v) is 19.0. The highest BCUT2D eigenvalue weighted by atomic mass is 16.5. The Hall–Kier alpha value is -3.14. The molecular formula is C27H31O4. The minimum atomic E-state index is 0.604. The van der Waals surface area contributed by atoms with Gasteiger partial charge in [-0.25, -0.2) is 0 Å². The molecule has 0 aromatic heterocycles. The van der Waals surface area contributed by atoms with Gasteiger partial charge < -0.3 is 18.9 Å². The Labute approximate surface area is 185 Å². The first-order valence-electron chi connectivity index (χ1n) is 10.5. The van der Waals surface area contributed by atoms with Gasteiger partial charge in [0.1, 0.15) is 5.75 Å². The lowest BCUT2D eigenvalue weighted by molar-refractivity contribution is 0.324. The fourth-order valence-electron chi connectivity index (χ4n) is 3.92. The van der Waals surface area contributed by atoms with E-state index in [-0.39, 0.29) is 0 Å². The van der Waals surface area contributed by atoms with Crippen LogP contribution in [0.4, 0.5) is 0 Å². The van der Waals surface area contributed by atoms with Gasteiger partial charge in [0.2, 0.25) is 5.75 Å². The first kappa shape index (κ1) is 22.5. The van der Waals surface area contributed by atoms with Crippen molar-refractivity contribution in [3.05, 3.63) is 77.7 Å². The quantitative estimate of drug-likeness (QED) is 0.396. The average molecular weight is 420 g/mol. The zero-order chi connectivity index (χ0) is 22.2. The minimum absolute atomic E-state index is 0.604. The number of hydrogen-bond donors (Lipinski definition) is 0. The molecule has 3 aromatic rings. The summed E-state index contributed by atoms with van der Waals surface area (Å²) in [6, 6.07) is 18.8. The van der Waals surface area contributed by atoms with Crippen LogP contribution < -0.4 is 18.9 Å². The van der Waals surface area contributed by atoms with Crippen LogP contribution in [0.25, 0.3) is 11.1 Å². The van der Waals surface area contributed by atoms with Crippen molar-refractivity contribution in [3.8, 4) is 34.1 Å².